The minimum absolute atomic E-state index is 0.260. The number of rotatable bonds is 6. The zero-order chi connectivity index (χ0) is 19.5. The zero-order valence-corrected chi connectivity index (χ0v) is 15.5. The van der Waals surface area contributed by atoms with E-state index in [4.69, 9.17) is 11.6 Å². The van der Waals surface area contributed by atoms with Gasteiger partial charge < -0.3 is 5.32 Å². The van der Waals surface area contributed by atoms with Crippen LogP contribution in [0.25, 0.3) is 0 Å². The predicted octanol–water partition coefficient (Wildman–Crippen LogP) is 2.82. The second kappa shape index (κ2) is 7.81. The maximum Gasteiger partial charge on any atom is 0.270 e. The molecule has 0 atom stereocenters. The fourth-order valence-corrected chi connectivity index (χ4v) is 3.58. The van der Waals surface area contributed by atoms with E-state index in [1.165, 1.54) is 25.2 Å². The SMILES string of the molecule is Cc1cc(Cl)ccc1NC(=O)CN(C)S(=O)(=O)c1cccc([N+](=O)[O-])c1. The molecule has 8 nitrogen and oxygen atoms in total. The number of nitrogens with one attached hydrogen (secondary N) is 1. The van der Waals surface area contributed by atoms with Crippen LogP contribution in [-0.2, 0) is 14.8 Å². The van der Waals surface area contributed by atoms with E-state index in [2.05, 4.69) is 5.32 Å². The number of anilines is 1. The number of non-ortho nitro benzene ring substituents is 1. The molecule has 0 aromatic heterocycles. The third-order valence-electron chi connectivity index (χ3n) is 3.57. The van der Waals surface area contributed by atoms with Gasteiger partial charge in [-0.05, 0) is 36.8 Å². The number of sulfonamides is 1. The number of aryl methyl sites for hydroxylation is 1. The Labute approximate surface area is 155 Å². The predicted molar refractivity (Wildman–Crippen MR) is 97.7 cm³/mol. The minimum atomic E-state index is -4.05. The lowest BCUT2D eigenvalue weighted by Gasteiger charge is -2.17. The molecule has 1 amide bonds. The van der Waals surface area contributed by atoms with Gasteiger partial charge in [0.2, 0.25) is 15.9 Å². The van der Waals surface area contributed by atoms with Crippen molar-refractivity contribution in [1.29, 1.82) is 0 Å². The number of carbonyl (C=O) groups is 1. The average Bonchev–Trinajstić information content (AvgIpc) is 2.57. The molecule has 0 fully saturated rings. The molecule has 26 heavy (non-hydrogen) atoms. The fourth-order valence-electron chi connectivity index (χ4n) is 2.18. The molecular weight excluding hydrogens is 382 g/mol. The van der Waals surface area contributed by atoms with E-state index in [0.29, 0.717) is 10.7 Å². The first-order valence-electron chi connectivity index (χ1n) is 7.38. The van der Waals surface area contributed by atoms with E-state index in [9.17, 15) is 23.3 Å². The van der Waals surface area contributed by atoms with Crippen LogP contribution in [0.5, 0.6) is 0 Å². The maximum absolute atomic E-state index is 12.5. The number of benzene rings is 2. The summed E-state index contributed by atoms with van der Waals surface area (Å²) >= 11 is 5.85. The van der Waals surface area contributed by atoms with Gasteiger partial charge in [0.15, 0.2) is 0 Å². The average molecular weight is 398 g/mol. The summed E-state index contributed by atoms with van der Waals surface area (Å²) in [5, 5.41) is 13.9. The van der Waals surface area contributed by atoms with E-state index in [1.807, 2.05) is 0 Å². The maximum atomic E-state index is 12.5. The molecule has 0 bridgehead atoms. The van der Waals surface area contributed by atoms with Gasteiger partial charge in [0.05, 0.1) is 16.4 Å². The number of nitro benzene ring substituents is 1. The Hall–Kier alpha value is -2.49. The Balaban J connectivity index is 2.14. The first-order valence-corrected chi connectivity index (χ1v) is 9.20. The molecule has 0 aliphatic heterocycles. The van der Waals surface area contributed by atoms with Crippen molar-refractivity contribution in [1.82, 2.24) is 4.31 Å². The van der Waals surface area contributed by atoms with Crippen LogP contribution in [0.15, 0.2) is 47.4 Å². The summed E-state index contributed by atoms with van der Waals surface area (Å²) in [5.74, 6) is -0.549. The van der Waals surface area contributed by atoms with Gasteiger partial charge in [-0.3, -0.25) is 14.9 Å². The van der Waals surface area contributed by atoms with Crippen molar-refractivity contribution < 1.29 is 18.1 Å². The third kappa shape index (κ3) is 4.57. The normalized spacial score (nSPS) is 11.4. The molecule has 0 aliphatic carbocycles. The highest BCUT2D eigenvalue weighted by Gasteiger charge is 2.24. The summed E-state index contributed by atoms with van der Waals surface area (Å²) in [4.78, 5) is 22.0. The Morgan fingerprint density at radius 3 is 2.58 bits per heavy atom. The molecule has 0 saturated carbocycles. The van der Waals surface area contributed by atoms with Gasteiger partial charge in [0.1, 0.15) is 0 Å². The van der Waals surface area contributed by atoms with Crippen LogP contribution >= 0.6 is 11.6 Å². The fraction of sp³-hybridized carbons (Fsp3) is 0.188. The van der Waals surface area contributed by atoms with Crippen molar-refractivity contribution in [2.75, 3.05) is 18.9 Å². The molecule has 10 heteroatoms. The zero-order valence-electron chi connectivity index (χ0n) is 14.0. The summed E-state index contributed by atoms with van der Waals surface area (Å²) in [6, 6.07) is 9.54. The minimum Gasteiger partial charge on any atom is -0.325 e. The Kier molecular flexibility index (Phi) is 5.96. The molecule has 2 aromatic carbocycles. The lowest BCUT2D eigenvalue weighted by atomic mass is 10.2. The summed E-state index contributed by atoms with van der Waals surface area (Å²) in [6.07, 6.45) is 0. The molecule has 0 aliphatic rings. The van der Waals surface area contributed by atoms with Crippen molar-refractivity contribution in [3.8, 4) is 0 Å². The van der Waals surface area contributed by atoms with Crippen molar-refractivity contribution in [3.05, 3.63) is 63.2 Å². The van der Waals surface area contributed by atoms with Crippen LogP contribution in [0.1, 0.15) is 5.56 Å². The molecule has 2 aromatic rings. The Bertz CT molecular complexity index is 962. The van der Waals surface area contributed by atoms with Crippen LogP contribution in [0.2, 0.25) is 5.02 Å². The van der Waals surface area contributed by atoms with Gasteiger partial charge in [-0.2, -0.15) is 4.31 Å². The molecule has 0 unspecified atom stereocenters. The first-order chi connectivity index (χ1) is 12.1. The largest absolute Gasteiger partial charge is 0.325 e. The number of halogens is 1. The summed E-state index contributed by atoms with van der Waals surface area (Å²) < 4.78 is 25.9. The second-order valence-electron chi connectivity index (χ2n) is 5.52. The van der Waals surface area contributed by atoms with Crippen LogP contribution < -0.4 is 5.32 Å². The topological polar surface area (TPSA) is 110 Å². The van der Waals surface area contributed by atoms with Gasteiger partial charge in [0, 0.05) is 29.9 Å². The lowest BCUT2D eigenvalue weighted by Crippen LogP contribution is -2.35. The molecule has 1 N–H and O–H groups in total. The number of likely N-dealkylation sites (N-methyl/N-ethyl adjacent to an activating group) is 1. The highest BCUT2D eigenvalue weighted by Crippen LogP contribution is 2.21. The lowest BCUT2D eigenvalue weighted by molar-refractivity contribution is -0.385. The molecule has 0 spiro atoms. The van der Waals surface area contributed by atoms with Crippen LogP contribution in [0.3, 0.4) is 0 Å². The standard InChI is InChI=1S/C16H16ClN3O5S/c1-11-8-12(17)6-7-15(11)18-16(21)10-19(2)26(24,25)14-5-3-4-13(9-14)20(22)23/h3-9H,10H2,1-2H3,(H,18,21). The third-order valence-corrected chi connectivity index (χ3v) is 5.60. The van der Waals surface area contributed by atoms with Gasteiger partial charge in [-0.25, -0.2) is 8.42 Å². The van der Waals surface area contributed by atoms with Gasteiger partial charge >= 0.3 is 0 Å². The Morgan fingerprint density at radius 2 is 1.96 bits per heavy atom. The van der Waals surface area contributed by atoms with Crippen molar-refractivity contribution in [3.63, 3.8) is 0 Å². The smallest absolute Gasteiger partial charge is 0.270 e. The molecule has 0 heterocycles. The van der Waals surface area contributed by atoms with Crippen molar-refractivity contribution in [2.24, 2.45) is 0 Å². The monoisotopic (exact) mass is 397 g/mol. The second-order valence-corrected chi connectivity index (χ2v) is 8.00. The summed E-state index contributed by atoms with van der Waals surface area (Å²) in [7, 11) is -2.83. The summed E-state index contributed by atoms with van der Waals surface area (Å²) in [6.45, 7) is 1.30. The highest BCUT2D eigenvalue weighted by atomic mass is 35.5. The van der Waals surface area contributed by atoms with Crippen LogP contribution in [-0.4, -0.2) is 37.1 Å². The number of amides is 1. The van der Waals surface area contributed by atoms with Gasteiger partial charge in [-0.15, -0.1) is 0 Å². The first kappa shape index (κ1) is 19.8. The molecule has 0 saturated heterocycles. The molecule has 0 radical (unpaired) electrons. The molecule has 2 rings (SSSR count). The van der Waals surface area contributed by atoms with E-state index in [-0.39, 0.29) is 10.6 Å². The molecule has 138 valence electrons. The summed E-state index contributed by atoms with van der Waals surface area (Å²) in [5.41, 5.74) is 0.899. The number of nitrogens with zero attached hydrogens (tertiary/aromatic N) is 2. The Morgan fingerprint density at radius 1 is 1.27 bits per heavy atom. The van der Waals surface area contributed by atoms with Crippen LogP contribution in [0.4, 0.5) is 11.4 Å². The van der Waals surface area contributed by atoms with Gasteiger partial charge in [-0.1, -0.05) is 17.7 Å². The molecular formula is C16H16ClN3O5S. The van der Waals surface area contributed by atoms with Crippen LogP contribution in [0, 0.1) is 17.0 Å². The number of hydrogen-bond donors (Lipinski definition) is 1. The quantitative estimate of drug-likeness (QED) is 0.595. The van der Waals surface area contributed by atoms with Crippen molar-refractivity contribution >= 4 is 38.9 Å². The van der Waals surface area contributed by atoms with E-state index < -0.39 is 27.4 Å². The van der Waals surface area contributed by atoms with E-state index in [1.54, 1.807) is 25.1 Å². The van der Waals surface area contributed by atoms with Crippen molar-refractivity contribution in [2.45, 2.75) is 11.8 Å². The number of nitro groups is 1. The number of hydrogen-bond acceptors (Lipinski definition) is 5. The van der Waals surface area contributed by atoms with Gasteiger partial charge in [0.25, 0.3) is 5.69 Å². The highest BCUT2D eigenvalue weighted by molar-refractivity contribution is 7.89. The van der Waals surface area contributed by atoms with E-state index in [0.717, 1.165) is 15.9 Å². The van der Waals surface area contributed by atoms with E-state index >= 15 is 0 Å². The number of carbonyl (C=O) groups excluding carboxylic acids is 1.